The van der Waals surface area contributed by atoms with E-state index in [1.165, 1.54) is 12.8 Å². The topological polar surface area (TPSA) is 0 Å². The maximum absolute atomic E-state index is 2.28. The van der Waals surface area contributed by atoms with Crippen LogP contribution in [0.15, 0.2) is 48.6 Å². The highest BCUT2D eigenvalue weighted by molar-refractivity contribution is 5.10. The van der Waals surface area contributed by atoms with Crippen LogP contribution in [0.2, 0.25) is 0 Å². The molecule has 0 nitrogen and oxygen atoms in total. The van der Waals surface area contributed by atoms with Crippen LogP contribution in [-0.2, 0) is 0 Å². The Bertz CT molecular complexity index is 204. The summed E-state index contributed by atoms with van der Waals surface area (Å²) in [4.78, 5) is 0. The standard InChI is InChI=1S/C14H19/c1-2-4-6-8-10-12-14-13-11-9-7-5-3-1/h1-5,8,10-11,13H,6-7,9,12,14H2/b4-2-,5-3+,10-8-,13-11-. The van der Waals surface area contributed by atoms with Crippen molar-refractivity contribution in [2.75, 3.05) is 0 Å². The molecule has 0 N–H and O–H groups in total. The van der Waals surface area contributed by atoms with Gasteiger partial charge in [0, 0.05) is 6.42 Å². The van der Waals surface area contributed by atoms with Gasteiger partial charge in [-0.1, -0.05) is 48.6 Å². The van der Waals surface area contributed by atoms with Gasteiger partial charge >= 0.3 is 0 Å². The molecular formula is C14H19. The number of hydrogen-bond donors (Lipinski definition) is 0. The SMILES string of the molecule is [CH]1/C=C\C/C=C\CC/C=C\CC/C=C/1. The van der Waals surface area contributed by atoms with Gasteiger partial charge in [0.2, 0.25) is 0 Å². The molecule has 75 valence electrons. The minimum Gasteiger partial charge on any atom is -0.0882 e. The summed E-state index contributed by atoms with van der Waals surface area (Å²) in [5.41, 5.74) is 0. The summed E-state index contributed by atoms with van der Waals surface area (Å²) >= 11 is 0. The van der Waals surface area contributed by atoms with Gasteiger partial charge in [-0.15, -0.1) is 0 Å². The summed E-state index contributed by atoms with van der Waals surface area (Å²) in [6, 6.07) is 0. The predicted octanol–water partition coefficient (Wildman–Crippen LogP) is 4.38. The van der Waals surface area contributed by atoms with E-state index >= 15 is 0 Å². The van der Waals surface area contributed by atoms with Gasteiger partial charge in [-0.2, -0.15) is 0 Å². The molecule has 0 aromatic heterocycles. The van der Waals surface area contributed by atoms with Gasteiger partial charge in [-0.05, 0) is 32.1 Å². The lowest BCUT2D eigenvalue weighted by Gasteiger charge is -1.90. The largest absolute Gasteiger partial charge is 0.0882 e. The molecule has 0 bridgehead atoms. The minimum absolute atomic E-state index is 1.05. The normalized spacial score (nSPS) is 28.6. The van der Waals surface area contributed by atoms with E-state index in [4.69, 9.17) is 0 Å². The molecule has 0 fully saturated rings. The van der Waals surface area contributed by atoms with Crippen molar-refractivity contribution in [2.24, 2.45) is 0 Å². The van der Waals surface area contributed by atoms with E-state index < -0.39 is 0 Å². The predicted molar refractivity (Wildman–Crippen MR) is 63.9 cm³/mol. The molecule has 0 amide bonds. The number of rotatable bonds is 0. The van der Waals surface area contributed by atoms with Crippen LogP contribution in [0.3, 0.4) is 0 Å². The third-order valence-corrected chi connectivity index (χ3v) is 2.10. The Morgan fingerprint density at radius 2 is 1.07 bits per heavy atom. The van der Waals surface area contributed by atoms with Crippen LogP contribution in [0.1, 0.15) is 32.1 Å². The summed E-state index contributed by atoms with van der Waals surface area (Å²) < 4.78 is 0. The van der Waals surface area contributed by atoms with Gasteiger partial charge in [-0.25, -0.2) is 0 Å². The Morgan fingerprint density at radius 1 is 0.500 bits per heavy atom. The van der Waals surface area contributed by atoms with E-state index in [2.05, 4.69) is 55.0 Å². The second-order valence-corrected chi connectivity index (χ2v) is 3.38. The zero-order chi connectivity index (χ0) is 9.90. The smallest absolute Gasteiger partial charge is 0.00442 e. The van der Waals surface area contributed by atoms with E-state index in [0.29, 0.717) is 0 Å². The summed E-state index contributed by atoms with van der Waals surface area (Å²) in [6.07, 6.45) is 25.5. The highest BCUT2D eigenvalue weighted by atomic mass is 13.9. The van der Waals surface area contributed by atoms with Gasteiger partial charge in [-0.3, -0.25) is 0 Å². The molecule has 0 saturated heterocycles. The van der Waals surface area contributed by atoms with Crippen molar-refractivity contribution in [1.82, 2.24) is 0 Å². The van der Waals surface area contributed by atoms with Crippen LogP contribution in [-0.4, -0.2) is 0 Å². The first-order chi connectivity index (χ1) is 7.00. The van der Waals surface area contributed by atoms with Crippen LogP contribution in [0, 0.1) is 6.42 Å². The Kier molecular flexibility index (Phi) is 6.74. The lowest BCUT2D eigenvalue weighted by molar-refractivity contribution is 1.00. The van der Waals surface area contributed by atoms with Crippen molar-refractivity contribution in [3.8, 4) is 0 Å². The van der Waals surface area contributed by atoms with Crippen molar-refractivity contribution < 1.29 is 0 Å². The lowest BCUT2D eigenvalue weighted by Crippen LogP contribution is -1.70. The van der Waals surface area contributed by atoms with Crippen LogP contribution in [0.25, 0.3) is 0 Å². The Morgan fingerprint density at radius 3 is 1.86 bits per heavy atom. The number of hydrogen-bond acceptors (Lipinski definition) is 0. The average Bonchev–Trinajstić information content (AvgIpc) is 2.22. The molecule has 0 atom stereocenters. The minimum atomic E-state index is 1.05. The monoisotopic (exact) mass is 187 g/mol. The van der Waals surface area contributed by atoms with Gasteiger partial charge < -0.3 is 0 Å². The molecule has 1 aliphatic carbocycles. The number of allylic oxidation sites excluding steroid dienone is 8. The summed E-state index contributed by atoms with van der Waals surface area (Å²) in [7, 11) is 0. The molecule has 1 radical (unpaired) electrons. The van der Waals surface area contributed by atoms with Crippen molar-refractivity contribution in [3.63, 3.8) is 0 Å². The highest BCUT2D eigenvalue weighted by Crippen LogP contribution is 2.00. The van der Waals surface area contributed by atoms with E-state index in [9.17, 15) is 0 Å². The first-order valence-corrected chi connectivity index (χ1v) is 5.45. The lowest BCUT2D eigenvalue weighted by atomic mass is 10.2. The summed E-state index contributed by atoms with van der Waals surface area (Å²) in [5.74, 6) is 0. The molecule has 1 aliphatic rings. The maximum atomic E-state index is 2.28. The Labute approximate surface area is 87.7 Å². The van der Waals surface area contributed by atoms with E-state index in [1.807, 2.05) is 0 Å². The quantitative estimate of drug-likeness (QED) is 0.494. The third-order valence-electron chi connectivity index (χ3n) is 2.10. The van der Waals surface area contributed by atoms with Crippen LogP contribution in [0.5, 0.6) is 0 Å². The Balaban J connectivity index is 2.34. The van der Waals surface area contributed by atoms with Crippen molar-refractivity contribution >= 4 is 0 Å². The van der Waals surface area contributed by atoms with Gasteiger partial charge in [0.1, 0.15) is 0 Å². The van der Waals surface area contributed by atoms with Crippen LogP contribution >= 0.6 is 0 Å². The van der Waals surface area contributed by atoms with Crippen molar-refractivity contribution in [3.05, 3.63) is 55.0 Å². The van der Waals surface area contributed by atoms with Crippen LogP contribution < -0.4 is 0 Å². The second kappa shape index (κ2) is 8.55. The zero-order valence-electron chi connectivity index (χ0n) is 8.73. The zero-order valence-corrected chi connectivity index (χ0v) is 8.73. The molecular weight excluding hydrogens is 168 g/mol. The van der Waals surface area contributed by atoms with E-state index in [1.54, 1.807) is 0 Å². The molecule has 1 rings (SSSR count). The van der Waals surface area contributed by atoms with Gasteiger partial charge in [0.15, 0.2) is 0 Å². The molecule has 0 aromatic carbocycles. The maximum Gasteiger partial charge on any atom is 0.00442 e. The van der Waals surface area contributed by atoms with Crippen molar-refractivity contribution in [1.29, 1.82) is 0 Å². The fourth-order valence-electron chi connectivity index (χ4n) is 1.31. The van der Waals surface area contributed by atoms with Crippen molar-refractivity contribution in [2.45, 2.75) is 32.1 Å². The molecule has 0 aliphatic heterocycles. The van der Waals surface area contributed by atoms with Gasteiger partial charge in [0.25, 0.3) is 0 Å². The summed E-state index contributed by atoms with van der Waals surface area (Å²) in [5, 5.41) is 0. The molecule has 0 saturated carbocycles. The molecule has 0 heteroatoms. The van der Waals surface area contributed by atoms with E-state index in [0.717, 1.165) is 19.3 Å². The average molecular weight is 187 g/mol. The van der Waals surface area contributed by atoms with E-state index in [-0.39, 0.29) is 0 Å². The first-order valence-electron chi connectivity index (χ1n) is 5.45. The highest BCUT2D eigenvalue weighted by Gasteiger charge is 1.80. The molecule has 14 heavy (non-hydrogen) atoms. The fraction of sp³-hybridized carbons (Fsp3) is 0.357. The van der Waals surface area contributed by atoms with Crippen LogP contribution in [0.4, 0.5) is 0 Å². The summed E-state index contributed by atoms with van der Waals surface area (Å²) in [6.45, 7) is 0. The first kappa shape index (κ1) is 11.0. The second-order valence-electron chi connectivity index (χ2n) is 3.38. The third kappa shape index (κ3) is 6.47. The Hall–Kier alpha value is -1.04. The molecule has 0 aromatic rings. The fourth-order valence-corrected chi connectivity index (χ4v) is 1.31. The molecule has 0 spiro atoms. The molecule has 0 unspecified atom stereocenters. The molecule has 0 heterocycles. The van der Waals surface area contributed by atoms with Gasteiger partial charge in [0.05, 0.1) is 0 Å².